The highest BCUT2D eigenvalue weighted by Gasteiger charge is 2.23. The van der Waals surface area contributed by atoms with Crippen LogP contribution in [0.1, 0.15) is 63.0 Å². The van der Waals surface area contributed by atoms with Crippen molar-refractivity contribution in [3.8, 4) is 0 Å². The fourth-order valence-corrected chi connectivity index (χ4v) is 3.71. The summed E-state index contributed by atoms with van der Waals surface area (Å²) in [7, 11) is 0. The molecule has 0 N–H and O–H groups in total. The summed E-state index contributed by atoms with van der Waals surface area (Å²) in [6.07, 6.45) is 4.38. The predicted molar refractivity (Wildman–Crippen MR) is 90.1 cm³/mol. The van der Waals surface area contributed by atoms with E-state index in [9.17, 15) is 22.0 Å². The van der Waals surface area contributed by atoms with Gasteiger partial charge >= 0.3 is 6.18 Å². The number of allylic oxidation sites excluding steroid dienone is 1. The Balaban J connectivity index is 1.92. The zero-order chi connectivity index (χ0) is 18.4. The Kier molecular flexibility index (Phi) is 7.03. The van der Waals surface area contributed by atoms with Crippen LogP contribution in [-0.2, 0) is 6.42 Å². The van der Waals surface area contributed by atoms with Crippen molar-refractivity contribution in [1.29, 1.82) is 0 Å². The molecule has 25 heavy (non-hydrogen) atoms. The van der Waals surface area contributed by atoms with Crippen molar-refractivity contribution in [3.63, 3.8) is 0 Å². The number of alkyl halides is 3. The van der Waals surface area contributed by atoms with E-state index in [0.717, 1.165) is 37.3 Å². The lowest BCUT2D eigenvalue weighted by molar-refractivity contribution is -0.0790. The van der Waals surface area contributed by atoms with Crippen molar-refractivity contribution in [2.45, 2.75) is 64.5 Å². The quantitative estimate of drug-likeness (QED) is 0.476. The first-order chi connectivity index (χ1) is 11.8. The number of hydrogen-bond donors (Lipinski definition) is 0. The number of rotatable bonds is 6. The SMILES string of the molecule is CCCC1CCC(CCc2cc(F)c(C=CC(F)(F)F)c(F)c2)CC1. The highest BCUT2D eigenvalue weighted by atomic mass is 19.4. The summed E-state index contributed by atoms with van der Waals surface area (Å²) in [6.45, 7) is 2.20. The number of hydrogen-bond acceptors (Lipinski definition) is 0. The van der Waals surface area contributed by atoms with E-state index >= 15 is 0 Å². The Morgan fingerprint density at radius 2 is 1.48 bits per heavy atom. The molecule has 1 fully saturated rings. The Labute approximate surface area is 146 Å². The molecule has 1 aromatic rings. The van der Waals surface area contributed by atoms with Crippen LogP contribution in [0, 0.1) is 23.5 Å². The van der Waals surface area contributed by atoms with Gasteiger partial charge in [-0.3, -0.25) is 0 Å². The first-order valence-electron chi connectivity index (χ1n) is 9.02. The molecule has 1 saturated carbocycles. The Bertz CT molecular complexity index is 557. The molecule has 0 aliphatic heterocycles. The summed E-state index contributed by atoms with van der Waals surface area (Å²) in [5, 5.41) is 0. The standard InChI is InChI=1S/C20H25F5/c1-2-3-14-4-6-15(7-5-14)8-9-16-12-18(21)17(19(22)13-16)10-11-20(23,24)25/h10-15H,2-9H2,1H3. The molecule has 0 unspecified atom stereocenters. The van der Waals surface area contributed by atoms with E-state index in [-0.39, 0.29) is 6.08 Å². The first-order valence-corrected chi connectivity index (χ1v) is 9.02. The summed E-state index contributed by atoms with van der Waals surface area (Å²) in [5.74, 6) is -0.496. The molecule has 0 aromatic heterocycles. The lowest BCUT2D eigenvalue weighted by Crippen LogP contribution is -2.15. The third kappa shape index (κ3) is 6.44. The molecule has 0 nitrogen and oxygen atoms in total. The summed E-state index contributed by atoms with van der Waals surface area (Å²) in [6, 6.07) is 2.31. The van der Waals surface area contributed by atoms with Crippen LogP contribution in [0.5, 0.6) is 0 Å². The van der Waals surface area contributed by atoms with Crippen LogP contribution in [0.4, 0.5) is 22.0 Å². The van der Waals surface area contributed by atoms with Crippen LogP contribution in [0.15, 0.2) is 18.2 Å². The monoisotopic (exact) mass is 360 g/mol. The van der Waals surface area contributed by atoms with Gasteiger partial charge in [0, 0.05) is 11.6 Å². The summed E-state index contributed by atoms with van der Waals surface area (Å²) in [5.41, 5.74) is -0.129. The van der Waals surface area contributed by atoms with Crippen molar-refractivity contribution >= 4 is 6.08 Å². The van der Waals surface area contributed by atoms with Crippen molar-refractivity contribution in [2.24, 2.45) is 11.8 Å². The highest BCUT2D eigenvalue weighted by Crippen LogP contribution is 2.34. The van der Waals surface area contributed by atoms with Crippen molar-refractivity contribution < 1.29 is 22.0 Å². The molecule has 0 radical (unpaired) electrons. The van der Waals surface area contributed by atoms with E-state index in [4.69, 9.17) is 0 Å². The molecule has 1 aliphatic rings. The van der Waals surface area contributed by atoms with Gasteiger partial charge in [-0.15, -0.1) is 0 Å². The zero-order valence-electron chi connectivity index (χ0n) is 14.5. The molecule has 5 heteroatoms. The van der Waals surface area contributed by atoms with Gasteiger partial charge in [0.1, 0.15) is 11.6 Å². The molecule has 0 bridgehead atoms. The van der Waals surface area contributed by atoms with Gasteiger partial charge in [0.2, 0.25) is 0 Å². The minimum atomic E-state index is -4.59. The van der Waals surface area contributed by atoms with Crippen LogP contribution in [0.2, 0.25) is 0 Å². The largest absolute Gasteiger partial charge is 0.409 e. The second kappa shape index (κ2) is 8.81. The summed E-state index contributed by atoms with van der Waals surface area (Å²) >= 11 is 0. The van der Waals surface area contributed by atoms with Crippen LogP contribution in [0.25, 0.3) is 6.08 Å². The van der Waals surface area contributed by atoms with E-state index in [1.165, 1.54) is 25.7 Å². The van der Waals surface area contributed by atoms with Crippen molar-refractivity contribution in [1.82, 2.24) is 0 Å². The molecule has 0 amide bonds. The minimum Gasteiger partial charge on any atom is -0.206 e. The topological polar surface area (TPSA) is 0 Å². The third-order valence-electron chi connectivity index (χ3n) is 5.08. The molecule has 1 aromatic carbocycles. The van der Waals surface area contributed by atoms with Gasteiger partial charge in [-0.2, -0.15) is 13.2 Å². The van der Waals surface area contributed by atoms with E-state index in [2.05, 4.69) is 6.92 Å². The first kappa shape index (κ1) is 19.9. The normalized spacial score (nSPS) is 21.8. The molecule has 0 saturated heterocycles. The van der Waals surface area contributed by atoms with Gasteiger partial charge < -0.3 is 0 Å². The second-order valence-corrected chi connectivity index (χ2v) is 7.06. The molecule has 0 heterocycles. The lowest BCUT2D eigenvalue weighted by Gasteiger charge is -2.28. The summed E-state index contributed by atoms with van der Waals surface area (Å²) < 4.78 is 64.3. The van der Waals surface area contributed by atoms with Gasteiger partial charge in [-0.25, -0.2) is 8.78 Å². The van der Waals surface area contributed by atoms with Gasteiger partial charge in [0.25, 0.3) is 0 Å². The molecule has 2 rings (SSSR count). The van der Waals surface area contributed by atoms with Gasteiger partial charge in [-0.1, -0.05) is 45.4 Å². The van der Waals surface area contributed by atoms with Gasteiger partial charge in [0.15, 0.2) is 0 Å². The summed E-state index contributed by atoms with van der Waals surface area (Å²) in [4.78, 5) is 0. The number of halogens is 5. The molecular formula is C20H25F5. The molecule has 0 spiro atoms. The van der Waals surface area contributed by atoms with Crippen molar-refractivity contribution in [2.75, 3.05) is 0 Å². The average molecular weight is 360 g/mol. The maximum absolute atomic E-state index is 13.9. The number of aryl methyl sites for hydroxylation is 1. The van der Waals surface area contributed by atoms with Crippen LogP contribution >= 0.6 is 0 Å². The molecule has 140 valence electrons. The van der Waals surface area contributed by atoms with E-state index in [1.54, 1.807) is 0 Å². The Morgan fingerprint density at radius 1 is 0.960 bits per heavy atom. The molecule has 0 atom stereocenters. The Morgan fingerprint density at radius 3 is 1.96 bits per heavy atom. The fraction of sp³-hybridized carbons (Fsp3) is 0.600. The van der Waals surface area contributed by atoms with Gasteiger partial charge in [0.05, 0.1) is 0 Å². The van der Waals surface area contributed by atoms with Crippen LogP contribution in [-0.4, -0.2) is 6.18 Å². The van der Waals surface area contributed by atoms with E-state index in [1.807, 2.05) is 0 Å². The Hall–Kier alpha value is -1.39. The van der Waals surface area contributed by atoms with Gasteiger partial charge in [-0.05, 0) is 48.4 Å². The van der Waals surface area contributed by atoms with Crippen LogP contribution in [0.3, 0.4) is 0 Å². The van der Waals surface area contributed by atoms with Crippen molar-refractivity contribution in [3.05, 3.63) is 41.0 Å². The maximum atomic E-state index is 13.9. The second-order valence-electron chi connectivity index (χ2n) is 7.06. The fourth-order valence-electron chi connectivity index (χ4n) is 3.71. The minimum absolute atomic E-state index is 0.150. The van der Waals surface area contributed by atoms with E-state index < -0.39 is 23.4 Å². The zero-order valence-corrected chi connectivity index (χ0v) is 14.5. The smallest absolute Gasteiger partial charge is 0.206 e. The lowest BCUT2D eigenvalue weighted by atomic mass is 9.78. The average Bonchev–Trinajstić information content (AvgIpc) is 2.52. The molecule has 1 aliphatic carbocycles. The predicted octanol–water partition coefficient (Wildman–Crippen LogP) is 7.08. The maximum Gasteiger partial charge on any atom is 0.409 e. The number of benzene rings is 1. The highest BCUT2D eigenvalue weighted by molar-refractivity contribution is 5.52. The third-order valence-corrected chi connectivity index (χ3v) is 5.08. The van der Waals surface area contributed by atoms with E-state index in [0.29, 0.717) is 24.0 Å². The molecular weight excluding hydrogens is 335 g/mol. The van der Waals surface area contributed by atoms with Crippen LogP contribution < -0.4 is 0 Å².